The third-order valence-electron chi connectivity index (χ3n) is 3.55. The molecule has 130 valence electrons. The van der Waals surface area contributed by atoms with Gasteiger partial charge >= 0.3 is 12.1 Å². The van der Waals surface area contributed by atoms with Crippen molar-refractivity contribution in [3.8, 4) is 0 Å². The molecular formula is C17H27NO5. The Labute approximate surface area is 137 Å². The minimum absolute atomic E-state index is 0.0799. The molecule has 1 aliphatic rings. The molecule has 1 fully saturated rings. The number of esters is 1. The van der Waals surface area contributed by atoms with Gasteiger partial charge in [-0.1, -0.05) is 19.9 Å². The maximum atomic E-state index is 12.7. The van der Waals surface area contributed by atoms with Crippen molar-refractivity contribution in [2.75, 3.05) is 6.61 Å². The van der Waals surface area contributed by atoms with Crippen molar-refractivity contribution in [3.05, 3.63) is 12.7 Å². The monoisotopic (exact) mass is 325 g/mol. The van der Waals surface area contributed by atoms with Crippen molar-refractivity contribution >= 4 is 18.0 Å². The van der Waals surface area contributed by atoms with Gasteiger partial charge in [-0.2, -0.15) is 0 Å². The highest BCUT2D eigenvalue weighted by Crippen LogP contribution is 2.25. The topological polar surface area (TPSA) is 72.9 Å². The molecule has 0 unspecified atom stereocenters. The fraction of sp³-hybridized carbons (Fsp3) is 0.706. The maximum Gasteiger partial charge on any atom is 0.416 e. The van der Waals surface area contributed by atoms with E-state index in [1.54, 1.807) is 26.8 Å². The molecule has 0 N–H and O–H groups in total. The number of rotatable bonds is 6. The molecule has 1 saturated heterocycles. The number of amides is 2. The number of cyclic esters (lactones) is 1. The van der Waals surface area contributed by atoms with E-state index >= 15 is 0 Å². The molecule has 6 heteroatoms. The number of ether oxygens (including phenoxy) is 2. The minimum atomic E-state index is -0.672. The van der Waals surface area contributed by atoms with Crippen molar-refractivity contribution in [2.45, 2.75) is 59.1 Å². The first kappa shape index (κ1) is 19.2. The average molecular weight is 325 g/mol. The van der Waals surface area contributed by atoms with Crippen LogP contribution in [0.5, 0.6) is 0 Å². The standard InChI is InChI=1S/C17H27NO5/c1-7-8-12(9-14(19)23-17(4,5)6)15(20)18-13(11(2)3)10-22-16(18)21/h7,11-13H,1,8-10H2,2-6H3/t12-,13+/m0/s1. The second-order valence-electron chi connectivity index (χ2n) is 7.11. The molecule has 0 radical (unpaired) electrons. The Hall–Kier alpha value is -1.85. The molecule has 2 atom stereocenters. The van der Waals surface area contributed by atoms with Gasteiger partial charge in [0, 0.05) is 0 Å². The van der Waals surface area contributed by atoms with Crippen molar-refractivity contribution in [3.63, 3.8) is 0 Å². The summed E-state index contributed by atoms with van der Waals surface area (Å²) in [6.45, 7) is 13.0. The summed E-state index contributed by atoms with van der Waals surface area (Å²) < 4.78 is 10.3. The molecule has 0 aromatic heterocycles. The number of carbonyl (C=O) groups excluding carboxylic acids is 3. The Balaban J connectivity index is 2.87. The summed E-state index contributed by atoms with van der Waals surface area (Å²) in [4.78, 5) is 37.8. The highest BCUT2D eigenvalue weighted by atomic mass is 16.6. The average Bonchev–Trinajstić information content (AvgIpc) is 2.77. The van der Waals surface area contributed by atoms with E-state index in [0.29, 0.717) is 6.42 Å². The van der Waals surface area contributed by atoms with Crippen LogP contribution in [-0.2, 0) is 19.1 Å². The van der Waals surface area contributed by atoms with Crippen LogP contribution in [0.25, 0.3) is 0 Å². The Bertz CT molecular complexity index is 478. The van der Waals surface area contributed by atoms with Gasteiger partial charge < -0.3 is 9.47 Å². The van der Waals surface area contributed by atoms with E-state index in [2.05, 4.69) is 6.58 Å². The van der Waals surface area contributed by atoms with Gasteiger partial charge in [0.25, 0.3) is 0 Å². The first-order valence-electron chi connectivity index (χ1n) is 7.89. The van der Waals surface area contributed by atoms with Crippen molar-refractivity contribution < 1.29 is 23.9 Å². The molecule has 0 aliphatic carbocycles. The second-order valence-corrected chi connectivity index (χ2v) is 7.11. The quantitative estimate of drug-likeness (QED) is 0.554. The Morgan fingerprint density at radius 2 is 2.04 bits per heavy atom. The van der Waals surface area contributed by atoms with E-state index in [1.165, 1.54) is 0 Å². The third kappa shape index (κ3) is 5.37. The molecule has 0 aromatic carbocycles. The molecule has 0 spiro atoms. The third-order valence-corrected chi connectivity index (χ3v) is 3.55. The van der Waals surface area contributed by atoms with Gasteiger partial charge in [-0.3, -0.25) is 9.59 Å². The summed E-state index contributed by atoms with van der Waals surface area (Å²) in [6.07, 6.45) is 1.13. The van der Waals surface area contributed by atoms with E-state index < -0.39 is 29.5 Å². The van der Waals surface area contributed by atoms with Crippen LogP contribution in [-0.4, -0.2) is 41.1 Å². The molecule has 1 aliphatic heterocycles. The zero-order chi connectivity index (χ0) is 17.8. The first-order valence-corrected chi connectivity index (χ1v) is 7.89. The predicted molar refractivity (Wildman–Crippen MR) is 85.6 cm³/mol. The van der Waals surface area contributed by atoms with Gasteiger partial charge in [-0.25, -0.2) is 9.69 Å². The zero-order valence-corrected chi connectivity index (χ0v) is 14.6. The fourth-order valence-corrected chi connectivity index (χ4v) is 2.43. The van der Waals surface area contributed by atoms with E-state index in [4.69, 9.17) is 9.47 Å². The Morgan fingerprint density at radius 3 is 2.52 bits per heavy atom. The number of carbonyl (C=O) groups is 3. The van der Waals surface area contributed by atoms with Gasteiger partial charge in [0.15, 0.2) is 0 Å². The Morgan fingerprint density at radius 1 is 1.43 bits per heavy atom. The van der Waals surface area contributed by atoms with Crippen LogP contribution in [0.3, 0.4) is 0 Å². The van der Waals surface area contributed by atoms with Gasteiger partial charge in [0.1, 0.15) is 12.2 Å². The smallest absolute Gasteiger partial charge is 0.416 e. The lowest BCUT2D eigenvalue weighted by molar-refractivity contribution is -0.158. The number of hydrogen-bond acceptors (Lipinski definition) is 5. The largest absolute Gasteiger partial charge is 0.460 e. The molecule has 6 nitrogen and oxygen atoms in total. The van der Waals surface area contributed by atoms with Gasteiger partial charge in [0.2, 0.25) is 5.91 Å². The van der Waals surface area contributed by atoms with Crippen LogP contribution < -0.4 is 0 Å². The summed E-state index contributed by atoms with van der Waals surface area (Å²) in [7, 11) is 0. The number of allylic oxidation sites excluding steroid dienone is 1. The van der Waals surface area contributed by atoms with E-state index in [1.807, 2.05) is 13.8 Å². The zero-order valence-electron chi connectivity index (χ0n) is 14.6. The molecule has 0 saturated carbocycles. The number of imide groups is 1. The molecule has 23 heavy (non-hydrogen) atoms. The summed E-state index contributed by atoms with van der Waals surface area (Å²) in [5, 5.41) is 0. The normalized spacial score (nSPS) is 19.5. The minimum Gasteiger partial charge on any atom is -0.460 e. The maximum absolute atomic E-state index is 12.7. The van der Waals surface area contributed by atoms with E-state index in [9.17, 15) is 14.4 Å². The molecule has 2 amide bonds. The predicted octanol–water partition coefficient (Wildman–Crippen LogP) is 2.91. The lowest BCUT2D eigenvalue weighted by atomic mass is 9.97. The van der Waals surface area contributed by atoms with E-state index in [0.717, 1.165) is 4.90 Å². The van der Waals surface area contributed by atoms with Crippen LogP contribution in [0.1, 0.15) is 47.5 Å². The summed E-state index contributed by atoms with van der Waals surface area (Å²) >= 11 is 0. The highest BCUT2D eigenvalue weighted by Gasteiger charge is 2.42. The van der Waals surface area contributed by atoms with Crippen LogP contribution in [0.2, 0.25) is 0 Å². The summed E-state index contributed by atoms with van der Waals surface area (Å²) in [6, 6.07) is -0.305. The molecule has 0 aromatic rings. The SMILES string of the molecule is C=CC[C@@H](CC(=O)OC(C)(C)C)C(=O)N1C(=O)OC[C@@H]1C(C)C. The van der Waals surface area contributed by atoms with Crippen LogP contribution in [0, 0.1) is 11.8 Å². The van der Waals surface area contributed by atoms with E-state index in [-0.39, 0.29) is 25.0 Å². The highest BCUT2D eigenvalue weighted by molar-refractivity contribution is 5.96. The Kier molecular flexibility index (Phi) is 6.36. The molecule has 0 bridgehead atoms. The van der Waals surface area contributed by atoms with Crippen LogP contribution in [0.15, 0.2) is 12.7 Å². The second kappa shape index (κ2) is 7.62. The number of hydrogen-bond donors (Lipinski definition) is 0. The molecule has 1 heterocycles. The summed E-state index contributed by atoms with van der Waals surface area (Å²) in [5.74, 6) is -1.46. The molecular weight excluding hydrogens is 298 g/mol. The lowest BCUT2D eigenvalue weighted by Crippen LogP contribution is -2.45. The molecule has 1 rings (SSSR count). The van der Waals surface area contributed by atoms with Crippen molar-refractivity contribution in [2.24, 2.45) is 11.8 Å². The van der Waals surface area contributed by atoms with Gasteiger partial charge in [-0.15, -0.1) is 6.58 Å². The number of nitrogens with zero attached hydrogens (tertiary/aromatic N) is 1. The van der Waals surface area contributed by atoms with Gasteiger partial charge in [-0.05, 0) is 33.1 Å². The van der Waals surface area contributed by atoms with Crippen LogP contribution in [0.4, 0.5) is 4.79 Å². The van der Waals surface area contributed by atoms with Crippen molar-refractivity contribution in [1.82, 2.24) is 4.90 Å². The summed E-state index contributed by atoms with van der Waals surface area (Å²) in [5.41, 5.74) is -0.619. The van der Waals surface area contributed by atoms with Gasteiger partial charge in [0.05, 0.1) is 18.4 Å². The van der Waals surface area contributed by atoms with Crippen molar-refractivity contribution in [1.29, 1.82) is 0 Å². The fourth-order valence-electron chi connectivity index (χ4n) is 2.43. The van der Waals surface area contributed by atoms with Crippen LogP contribution >= 0.6 is 0 Å². The lowest BCUT2D eigenvalue weighted by Gasteiger charge is -2.27. The first-order chi connectivity index (χ1) is 10.6.